The summed E-state index contributed by atoms with van der Waals surface area (Å²) < 4.78 is 5.39. The lowest BCUT2D eigenvalue weighted by atomic mass is 9.71. The first-order chi connectivity index (χ1) is 9.68. The Morgan fingerprint density at radius 2 is 1.81 bits per heavy atom. The fraction of sp³-hybridized carbons (Fsp3) is 0.842. The van der Waals surface area contributed by atoms with Gasteiger partial charge < -0.3 is 4.74 Å². The van der Waals surface area contributed by atoms with Gasteiger partial charge in [0.15, 0.2) is 0 Å². The number of allylic oxidation sites excluding steroid dienone is 1. The minimum absolute atomic E-state index is 0.144. The molecule has 0 aliphatic heterocycles. The molecule has 2 heteroatoms. The summed E-state index contributed by atoms with van der Waals surface area (Å²) in [5, 5.41) is 0. The molecule has 0 aromatic heterocycles. The molecule has 122 valence electrons. The Hall–Kier alpha value is -0.790. The van der Waals surface area contributed by atoms with Crippen LogP contribution in [0.2, 0.25) is 0 Å². The molecule has 1 aliphatic rings. The van der Waals surface area contributed by atoms with Crippen LogP contribution in [0.25, 0.3) is 0 Å². The highest BCUT2D eigenvalue weighted by Crippen LogP contribution is 2.39. The van der Waals surface area contributed by atoms with Crippen molar-refractivity contribution >= 4 is 5.97 Å². The first kappa shape index (κ1) is 18.3. The Balaban J connectivity index is 2.34. The lowest BCUT2D eigenvalue weighted by molar-refractivity contribution is -0.139. The summed E-state index contributed by atoms with van der Waals surface area (Å²) >= 11 is 0. The molecule has 0 spiro atoms. The number of ether oxygens (including phenoxy) is 1. The third-order valence-corrected chi connectivity index (χ3v) is 4.56. The van der Waals surface area contributed by atoms with Gasteiger partial charge in [0.25, 0.3) is 0 Å². The zero-order valence-corrected chi connectivity index (χ0v) is 14.9. The smallest absolute Gasteiger partial charge is 0.330 e. The van der Waals surface area contributed by atoms with Gasteiger partial charge >= 0.3 is 5.97 Å². The van der Waals surface area contributed by atoms with Gasteiger partial charge in [-0.25, -0.2) is 4.79 Å². The highest BCUT2D eigenvalue weighted by atomic mass is 16.5. The van der Waals surface area contributed by atoms with Gasteiger partial charge in [0.1, 0.15) is 0 Å². The van der Waals surface area contributed by atoms with Crippen molar-refractivity contribution in [2.24, 2.45) is 23.2 Å². The van der Waals surface area contributed by atoms with Crippen LogP contribution in [0.5, 0.6) is 0 Å². The van der Waals surface area contributed by atoms with E-state index in [9.17, 15) is 4.79 Å². The summed E-state index contributed by atoms with van der Waals surface area (Å²) in [4.78, 5) is 11.9. The molecule has 0 aromatic carbocycles. The van der Waals surface area contributed by atoms with E-state index in [4.69, 9.17) is 4.74 Å². The first-order valence-corrected chi connectivity index (χ1v) is 8.54. The molecule has 1 atom stereocenters. The molecule has 2 nitrogen and oxygen atoms in total. The largest absolute Gasteiger partial charge is 0.462 e. The van der Waals surface area contributed by atoms with E-state index in [1.165, 1.54) is 18.4 Å². The van der Waals surface area contributed by atoms with Gasteiger partial charge in [0, 0.05) is 6.08 Å². The molecule has 1 unspecified atom stereocenters. The average Bonchev–Trinajstić information content (AvgIpc) is 2.35. The standard InChI is InChI=1S/C19H34O2/c1-14(2)11-15(3)13-21-18(20)12-16-7-9-17(10-8-16)19(4,5)6/h12,14-15,17H,7-11,13H2,1-6H3. The van der Waals surface area contributed by atoms with Crippen molar-refractivity contribution in [3.05, 3.63) is 11.6 Å². The van der Waals surface area contributed by atoms with Crippen LogP contribution >= 0.6 is 0 Å². The second-order valence-electron chi connectivity index (χ2n) is 8.31. The fourth-order valence-electron chi connectivity index (χ4n) is 3.30. The predicted octanol–water partition coefficient (Wildman–Crippen LogP) is 5.37. The van der Waals surface area contributed by atoms with Crippen molar-refractivity contribution in [3.63, 3.8) is 0 Å². The monoisotopic (exact) mass is 294 g/mol. The molecule has 1 rings (SSSR count). The summed E-state index contributed by atoms with van der Waals surface area (Å²) in [6, 6.07) is 0. The minimum Gasteiger partial charge on any atom is -0.462 e. The topological polar surface area (TPSA) is 26.3 Å². The molecule has 0 aromatic rings. The van der Waals surface area contributed by atoms with Gasteiger partial charge in [0.05, 0.1) is 6.61 Å². The number of hydrogen-bond donors (Lipinski definition) is 0. The quantitative estimate of drug-likeness (QED) is 0.503. The summed E-state index contributed by atoms with van der Waals surface area (Å²) in [6.45, 7) is 14.0. The third kappa shape index (κ3) is 7.15. The number of hydrogen-bond acceptors (Lipinski definition) is 2. The lowest BCUT2D eigenvalue weighted by Crippen LogP contribution is -2.23. The minimum atomic E-state index is -0.144. The number of rotatable bonds is 5. The van der Waals surface area contributed by atoms with E-state index >= 15 is 0 Å². The van der Waals surface area contributed by atoms with E-state index in [1.54, 1.807) is 6.08 Å². The summed E-state index contributed by atoms with van der Waals surface area (Å²) in [5.74, 6) is 1.74. The maximum Gasteiger partial charge on any atom is 0.330 e. The number of carbonyl (C=O) groups is 1. The van der Waals surface area contributed by atoms with Crippen molar-refractivity contribution in [1.29, 1.82) is 0 Å². The van der Waals surface area contributed by atoms with Crippen LogP contribution in [0.3, 0.4) is 0 Å². The van der Waals surface area contributed by atoms with Crippen LogP contribution < -0.4 is 0 Å². The van der Waals surface area contributed by atoms with Gasteiger partial charge in [-0.05, 0) is 55.3 Å². The van der Waals surface area contributed by atoms with Crippen molar-refractivity contribution < 1.29 is 9.53 Å². The molecular weight excluding hydrogens is 260 g/mol. The van der Waals surface area contributed by atoms with Crippen LogP contribution in [-0.4, -0.2) is 12.6 Å². The second-order valence-corrected chi connectivity index (χ2v) is 8.31. The Morgan fingerprint density at radius 1 is 1.24 bits per heavy atom. The summed E-state index contributed by atoms with van der Waals surface area (Å²) in [6.07, 6.45) is 7.37. The molecule has 0 bridgehead atoms. The summed E-state index contributed by atoms with van der Waals surface area (Å²) in [7, 11) is 0. The molecule has 0 saturated heterocycles. The molecule has 21 heavy (non-hydrogen) atoms. The van der Waals surface area contributed by atoms with Crippen LogP contribution in [0.1, 0.15) is 73.6 Å². The Labute approximate surface area is 131 Å². The van der Waals surface area contributed by atoms with E-state index in [1.807, 2.05) is 0 Å². The Kier molecular flexibility index (Phi) is 6.96. The molecule has 0 radical (unpaired) electrons. The van der Waals surface area contributed by atoms with Gasteiger partial charge in [-0.1, -0.05) is 47.1 Å². The van der Waals surface area contributed by atoms with Gasteiger partial charge in [-0.2, -0.15) is 0 Å². The zero-order chi connectivity index (χ0) is 16.0. The fourth-order valence-corrected chi connectivity index (χ4v) is 3.30. The van der Waals surface area contributed by atoms with Crippen LogP contribution in [-0.2, 0) is 9.53 Å². The maximum atomic E-state index is 11.9. The van der Waals surface area contributed by atoms with E-state index in [0.717, 1.165) is 25.2 Å². The highest BCUT2D eigenvalue weighted by molar-refractivity contribution is 5.82. The van der Waals surface area contributed by atoms with Gasteiger partial charge in [0.2, 0.25) is 0 Å². The molecule has 0 N–H and O–H groups in total. The zero-order valence-electron chi connectivity index (χ0n) is 14.9. The Morgan fingerprint density at radius 3 is 2.29 bits per heavy atom. The Bertz CT molecular complexity index is 350. The normalized spacial score (nSPS) is 21.3. The average molecular weight is 294 g/mol. The van der Waals surface area contributed by atoms with Crippen molar-refractivity contribution in [1.82, 2.24) is 0 Å². The molecule has 1 saturated carbocycles. The third-order valence-electron chi connectivity index (χ3n) is 4.56. The van der Waals surface area contributed by atoms with Crippen molar-refractivity contribution in [3.8, 4) is 0 Å². The van der Waals surface area contributed by atoms with E-state index < -0.39 is 0 Å². The van der Waals surface area contributed by atoms with E-state index in [-0.39, 0.29) is 5.97 Å². The first-order valence-electron chi connectivity index (χ1n) is 8.54. The summed E-state index contributed by atoms with van der Waals surface area (Å²) in [5.41, 5.74) is 1.66. The van der Waals surface area contributed by atoms with Crippen LogP contribution in [0.4, 0.5) is 0 Å². The molecule has 0 heterocycles. The maximum absolute atomic E-state index is 11.9. The molecular formula is C19H34O2. The number of carbonyl (C=O) groups excluding carboxylic acids is 1. The van der Waals surface area contributed by atoms with Crippen molar-refractivity contribution in [2.45, 2.75) is 73.6 Å². The SMILES string of the molecule is CC(C)CC(C)COC(=O)C=C1CCC(C(C)(C)C)CC1. The lowest BCUT2D eigenvalue weighted by Gasteiger charge is -2.34. The second kappa shape index (κ2) is 8.00. The van der Waals surface area contributed by atoms with Gasteiger partial charge in [-0.15, -0.1) is 0 Å². The highest BCUT2D eigenvalue weighted by Gasteiger charge is 2.27. The van der Waals surface area contributed by atoms with Crippen molar-refractivity contribution in [2.75, 3.05) is 6.61 Å². The van der Waals surface area contributed by atoms with Crippen LogP contribution in [0, 0.1) is 23.2 Å². The molecule has 1 fully saturated rings. The predicted molar refractivity (Wildman–Crippen MR) is 89.1 cm³/mol. The van der Waals surface area contributed by atoms with Crippen LogP contribution in [0.15, 0.2) is 11.6 Å². The number of esters is 1. The van der Waals surface area contributed by atoms with E-state index in [2.05, 4.69) is 41.5 Å². The van der Waals surface area contributed by atoms with E-state index in [0.29, 0.717) is 23.9 Å². The molecule has 0 amide bonds. The van der Waals surface area contributed by atoms with Gasteiger partial charge in [-0.3, -0.25) is 0 Å². The molecule has 1 aliphatic carbocycles.